The summed E-state index contributed by atoms with van der Waals surface area (Å²) in [6.45, 7) is 4.07. The zero-order chi connectivity index (χ0) is 13.5. The van der Waals surface area contributed by atoms with Crippen LogP contribution in [0.3, 0.4) is 0 Å². The molecule has 0 aliphatic carbocycles. The summed E-state index contributed by atoms with van der Waals surface area (Å²) in [5, 5.41) is 16.1. The number of carbonyl (C=O) groups excluding carboxylic acids is 1. The summed E-state index contributed by atoms with van der Waals surface area (Å²) < 4.78 is 1.77. The molecular formula is C13H23N3O2. The summed E-state index contributed by atoms with van der Waals surface area (Å²) in [4.78, 5) is 11.8. The van der Waals surface area contributed by atoms with Gasteiger partial charge in [0.1, 0.15) is 0 Å². The Labute approximate surface area is 108 Å². The average molecular weight is 253 g/mol. The van der Waals surface area contributed by atoms with Gasteiger partial charge in [-0.2, -0.15) is 5.10 Å². The van der Waals surface area contributed by atoms with Gasteiger partial charge in [-0.1, -0.05) is 6.92 Å². The zero-order valence-electron chi connectivity index (χ0n) is 11.4. The van der Waals surface area contributed by atoms with Crippen LogP contribution in [-0.2, 0) is 18.3 Å². The number of aliphatic hydroxyl groups excluding tert-OH is 1. The van der Waals surface area contributed by atoms with Gasteiger partial charge in [0, 0.05) is 32.3 Å². The Morgan fingerprint density at radius 2 is 2.33 bits per heavy atom. The summed E-state index contributed by atoms with van der Waals surface area (Å²) in [6, 6.07) is 0.0810. The lowest BCUT2D eigenvalue weighted by molar-refractivity contribution is -0.121. The molecule has 18 heavy (non-hydrogen) atoms. The molecule has 0 radical (unpaired) electrons. The highest BCUT2D eigenvalue weighted by molar-refractivity contribution is 5.76. The van der Waals surface area contributed by atoms with E-state index in [9.17, 15) is 4.79 Å². The Hall–Kier alpha value is -1.36. The minimum Gasteiger partial charge on any atom is -0.396 e. The van der Waals surface area contributed by atoms with E-state index in [0.29, 0.717) is 19.3 Å². The van der Waals surface area contributed by atoms with Crippen LogP contribution in [0.15, 0.2) is 6.20 Å². The van der Waals surface area contributed by atoms with Gasteiger partial charge in [-0.25, -0.2) is 0 Å². The molecule has 1 aromatic heterocycles. The second-order valence-electron chi connectivity index (χ2n) is 4.60. The monoisotopic (exact) mass is 253 g/mol. The number of aromatic nitrogens is 2. The number of hydrogen-bond donors (Lipinski definition) is 2. The molecule has 2 N–H and O–H groups in total. The van der Waals surface area contributed by atoms with Gasteiger partial charge in [-0.15, -0.1) is 0 Å². The maximum Gasteiger partial charge on any atom is 0.220 e. The fourth-order valence-corrected chi connectivity index (χ4v) is 1.98. The fourth-order valence-electron chi connectivity index (χ4n) is 1.98. The second-order valence-corrected chi connectivity index (χ2v) is 4.60. The maximum atomic E-state index is 11.8. The third kappa shape index (κ3) is 4.49. The molecule has 0 saturated heterocycles. The van der Waals surface area contributed by atoms with E-state index < -0.39 is 0 Å². The lowest BCUT2D eigenvalue weighted by Gasteiger charge is -2.15. The number of amides is 1. The van der Waals surface area contributed by atoms with Crippen LogP contribution in [0.25, 0.3) is 0 Å². The molecule has 102 valence electrons. The van der Waals surface area contributed by atoms with Crippen molar-refractivity contribution in [2.45, 2.75) is 45.6 Å². The van der Waals surface area contributed by atoms with Gasteiger partial charge in [0.2, 0.25) is 5.91 Å². The van der Waals surface area contributed by atoms with Crippen molar-refractivity contribution in [3.8, 4) is 0 Å². The van der Waals surface area contributed by atoms with Crippen LogP contribution < -0.4 is 5.32 Å². The molecule has 1 atom stereocenters. The van der Waals surface area contributed by atoms with Crippen molar-refractivity contribution in [2.75, 3.05) is 6.61 Å². The largest absolute Gasteiger partial charge is 0.396 e. The fraction of sp³-hybridized carbons (Fsp3) is 0.692. The van der Waals surface area contributed by atoms with Gasteiger partial charge in [0.25, 0.3) is 0 Å². The SMILES string of the molecule is CCC(CCO)NC(=O)CCc1cn(C)nc1C. The van der Waals surface area contributed by atoms with Crippen LogP contribution in [0.5, 0.6) is 0 Å². The van der Waals surface area contributed by atoms with Crippen LogP contribution in [0, 0.1) is 6.92 Å². The van der Waals surface area contributed by atoms with Crippen molar-refractivity contribution in [3.05, 3.63) is 17.5 Å². The summed E-state index contributed by atoms with van der Waals surface area (Å²) in [5.74, 6) is 0.0403. The van der Waals surface area contributed by atoms with E-state index in [1.807, 2.05) is 27.1 Å². The average Bonchev–Trinajstić information content (AvgIpc) is 2.64. The number of aliphatic hydroxyl groups is 1. The predicted molar refractivity (Wildman–Crippen MR) is 70.2 cm³/mol. The minimum absolute atomic E-state index is 0.0403. The van der Waals surface area contributed by atoms with Gasteiger partial charge < -0.3 is 10.4 Å². The van der Waals surface area contributed by atoms with Crippen LogP contribution >= 0.6 is 0 Å². The number of aryl methyl sites for hydroxylation is 3. The van der Waals surface area contributed by atoms with Gasteiger partial charge >= 0.3 is 0 Å². The van der Waals surface area contributed by atoms with Crippen LogP contribution in [0.1, 0.15) is 37.4 Å². The maximum absolute atomic E-state index is 11.8. The van der Waals surface area contributed by atoms with E-state index in [-0.39, 0.29) is 18.6 Å². The molecule has 1 unspecified atom stereocenters. The molecule has 1 aromatic rings. The van der Waals surface area contributed by atoms with Gasteiger partial charge in [0.15, 0.2) is 0 Å². The van der Waals surface area contributed by atoms with E-state index in [4.69, 9.17) is 5.11 Å². The van der Waals surface area contributed by atoms with Crippen molar-refractivity contribution < 1.29 is 9.90 Å². The van der Waals surface area contributed by atoms with Crippen molar-refractivity contribution >= 4 is 5.91 Å². The van der Waals surface area contributed by atoms with Crippen molar-refractivity contribution in [2.24, 2.45) is 7.05 Å². The van der Waals surface area contributed by atoms with Crippen LogP contribution in [-0.4, -0.2) is 33.4 Å². The minimum atomic E-state index is 0.0403. The first kappa shape index (κ1) is 14.7. The van der Waals surface area contributed by atoms with E-state index in [1.165, 1.54) is 0 Å². The molecule has 0 aliphatic heterocycles. The third-order valence-electron chi connectivity index (χ3n) is 3.07. The molecule has 0 aromatic carbocycles. The molecule has 0 bridgehead atoms. The molecule has 0 spiro atoms. The summed E-state index contributed by atoms with van der Waals surface area (Å²) in [7, 11) is 1.88. The third-order valence-corrected chi connectivity index (χ3v) is 3.07. The Kier molecular flexibility index (Phi) is 5.85. The predicted octanol–water partition coefficient (Wildman–Crippen LogP) is 0.938. The highest BCUT2D eigenvalue weighted by Gasteiger charge is 2.11. The molecule has 0 aliphatic rings. The number of rotatable bonds is 7. The molecule has 0 saturated carbocycles. The number of nitrogens with zero attached hydrogens (tertiary/aromatic N) is 2. The Morgan fingerprint density at radius 1 is 1.61 bits per heavy atom. The van der Waals surface area contributed by atoms with Crippen LogP contribution in [0.2, 0.25) is 0 Å². The van der Waals surface area contributed by atoms with E-state index >= 15 is 0 Å². The Bertz CT molecular complexity index is 388. The summed E-state index contributed by atoms with van der Waals surface area (Å²) >= 11 is 0. The van der Waals surface area contributed by atoms with E-state index in [2.05, 4.69) is 10.4 Å². The topological polar surface area (TPSA) is 67.2 Å². The first-order valence-electron chi connectivity index (χ1n) is 6.46. The first-order chi connectivity index (χ1) is 8.56. The van der Waals surface area contributed by atoms with Crippen LogP contribution in [0.4, 0.5) is 0 Å². The van der Waals surface area contributed by atoms with Crippen molar-refractivity contribution in [1.82, 2.24) is 15.1 Å². The Morgan fingerprint density at radius 3 is 2.83 bits per heavy atom. The van der Waals surface area contributed by atoms with Gasteiger partial charge in [0.05, 0.1) is 5.69 Å². The molecule has 0 fully saturated rings. The van der Waals surface area contributed by atoms with E-state index in [1.54, 1.807) is 4.68 Å². The number of hydrogen-bond acceptors (Lipinski definition) is 3. The number of carbonyl (C=O) groups is 1. The smallest absolute Gasteiger partial charge is 0.220 e. The molecule has 1 amide bonds. The lowest BCUT2D eigenvalue weighted by Crippen LogP contribution is -2.35. The second kappa shape index (κ2) is 7.16. The van der Waals surface area contributed by atoms with Crippen molar-refractivity contribution in [3.63, 3.8) is 0 Å². The van der Waals surface area contributed by atoms with E-state index in [0.717, 1.165) is 17.7 Å². The summed E-state index contributed by atoms with van der Waals surface area (Å²) in [5.41, 5.74) is 2.09. The molecule has 5 heteroatoms. The summed E-state index contributed by atoms with van der Waals surface area (Å²) in [6.07, 6.45) is 4.59. The van der Waals surface area contributed by atoms with Gasteiger partial charge in [-0.3, -0.25) is 9.48 Å². The van der Waals surface area contributed by atoms with Crippen molar-refractivity contribution in [1.29, 1.82) is 0 Å². The first-order valence-corrected chi connectivity index (χ1v) is 6.46. The molecule has 5 nitrogen and oxygen atoms in total. The zero-order valence-corrected chi connectivity index (χ0v) is 11.4. The molecule has 1 heterocycles. The normalized spacial score (nSPS) is 12.4. The quantitative estimate of drug-likeness (QED) is 0.760. The highest BCUT2D eigenvalue weighted by Crippen LogP contribution is 2.08. The Balaban J connectivity index is 2.39. The molecular weight excluding hydrogens is 230 g/mol. The number of nitrogens with one attached hydrogen (secondary N) is 1. The highest BCUT2D eigenvalue weighted by atomic mass is 16.3. The molecule has 1 rings (SSSR count). The van der Waals surface area contributed by atoms with Gasteiger partial charge in [-0.05, 0) is 31.7 Å². The lowest BCUT2D eigenvalue weighted by atomic mass is 10.1. The standard InChI is InChI=1S/C13H23N3O2/c1-4-12(7-8-17)14-13(18)6-5-11-9-16(3)15-10(11)2/h9,12,17H,4-8H2,1-3H3,(H,14,18).